The number of likely N-dealkylation sites (tertiary alicyclic amines) is 1. The van der Waals surface area contributed by atoms with E-state index >= 15 is 0 Å². The Morgan fingerprint density at radius 1 is 1.39 bits per heavy atom. The molecule has 98 valence electrons. The van der Waals surface area contributed by atoms with Crippen LogP contribution in [0.4, 0.5) is 0 Å². The molecule has 2 nitrogen and oxygen atoms in total. The summed E-state index contributed by atoms with van der Waals surface area (Å²) in [5.74, 6) is 0.856. The molecular weight excluding hydrogens is 312 g/mol. The fourth-order valence-corrected chi connectivity index (χ4v) is 3.71. The van der Waals surface area contributed by atoms with Crippen molar-refractivity contribution in [1.29, 1.82) is 0 Å². The van der Waals surface area contributed by atoms with Crippen LogP contribution in [0.15, 0.2) is 22.7 Å². The molecule has 1 aromatic rings. The maximum atomic E-state index is 6.03. The molecule has 2 aliphatic heterocycles. The highest BCUT2D eigenvalue weighted by Crippen LogP contribution is 2.28. The van der Waals surface area contributed by atoms with Gasteiger partial charge in [0, 0.05) is 30.1 Å². The van der Waals surface area contributed by atoms with Gasteiger partial charge in [0.2, 0.25) is 0 Å². The minimum absolute atomic E-state index is 0.717. The Hall–Kier alpha value is -0.0900. The summed E-state index contributed by atoms with van der Waals surface area (Å²) >= 11 is 9.52. The van der Waals surface area contributed by atoms with Gasteiger partial charge in [-0.3, -0.25) is 4.90 Å². The monoisotopic (exact) mass is 328 g/mol. The molecule has 0 spiro atoms. The van der Waals surface area contributed by atoms with Crippen molar-refractivity contribution in [2.75, 3.05) is 19.6 Å². The highest BCUT2D eigenvalue weighted by molar-refractivity contribution is 9.10. The Labute approximate surface area is 122 Å². The molecule has 0 aromatic heterocycles. The molecule has 2 atom stereocenters. The van der Waals surface area contributed by atoms with Crippen LogP contribution >= 0.6 is 27.5 Å². The van der Waals surface area contributed by atoms with Crippen LogP contribution in [-0.4, -0.2) is 30.6 Å². The highest BCUT2D eigenvalue weighted by Gasteiger charge is 2.33. The summed E-state index contributed by atoms with van der Waals surface area (Å²) in [5.41, 5.74) is 1.34. The second-order valence-corrected chi connectivity index (χ2v) is 6.67. The third kappa shape index (κ3) is 2.74. The number of benzene rings is 1. The fourth-order valence-electron chi connectivity index (χ4n) is 3.16. The van der Waals surface area contributed by atoms with E-state index in [0.717, 1.165) is 28.0 Å². The molecular formula is C14H18BrClN2. The van der Waals surface area contributed by atoms with Gasteiger partial charge in [-0.25, -0.2) is 0 Å². The van der Waals surface area contributed by atoms with Crippen LogP contribution in [0.3, 0.4) is 0 Å². The summed E-state index contributed by atoms with van der Waals surface area (Å²) in [6.45, 7) is 4.65. The van der Waals surface area contributed by atoms with Crippen LogP contribution in [0.1, 0.15) is 18.4 Å². The molecule has 0 aliphatic carbocycles. The standard InChI is InChI=1S/C14H18BrClN2/c15-12-6-10(3-4-13(12)16)7-18-8-11-2-1-5-17-14(11)9-18/h3-4,6,11,14,17H,1-2,5,7-9H2/t11-,14+/m0/s1. The van der Waals surface area contributed by atoms with E-state index in [2.05, 4.69) is 38.3 Å². The number of fused-ring (bicyclic) bond motifs is 1. The Balaban J connectivity index is 1.64. The number of piperidine rings is 1. The topological polar surface area (TPSA) is 15.3 Å². The minimum Gasteiger partial charge on any atom is -0.312 e. The average molecular weight is 330 g/mol. The Kier molecular flexibility index (Phi) is 3.94. The summed E-state index contributed by atoms with van der Waals surface area (Å²) in [5, 5.41) is 4.43. The second-order valence-electron chi connectivity index (χ2n) is 5.41. The maximum Gasteiger partial charge on any atom is 0.0548 e. The third-order valence-corrected chi connectivity index (χ3v) is 5.28. The van der Waals surface area contributed by atoms with Crippen molar-refractivity contribution < 1.29 is 0 Å². The van der Waals surface area contributed by atoms with Crippen molar-refractivity contribution in [3.63, 3.8) is 0 Å². The van der Waals surface area contributed by atoms with E-state index in [1.54, 1.807) is 0 Å². The van der Waals surface area contributed by atoms with Gasteiger partial charge in [0.15, 0.2) is 0 Å². The van der Waals surface area contributed by atoms with Gasteiger partial charge in [-0.15, -0.1) is 0 Å². The van der Waals surface area contributed by atoms with E-state index in [9.17, 15) is 0 Å². The number of rotatable bonds is 2. The second kappa shape index (κ2) is 5.49. The molecule has 0 bridgehead atoms. The van der Waals surface area contributed by atoms with Crippen LogP contribution in [-0.2, 0) is 6.54 Å². The van der Waals surface area contributed by atoms with Gasteiger partial charge < -0.3 is 5.32 Å². The summed E-state index contributed by atoms with van der Waals surface area (Å²) in [4.78, 5) is 2.56. The van der Waals surface area contributed by atoms with Crippen LogP contribution in [0, 0.1) is 5.92 Å². The van der Waals surface area contributed by atoms with Crippen molar-refractivity contribution in [2.24, 2.45) is 5.92 Å². The fraction of sp³-hybridized carbons (Fsp3) is 0.571. The maximum absolute atomic E-state index is 6.03. The molecule has 2 heterocycles. The summed E-state index contributed by atoms with van der Waals surface area (Å²) in [6.07, 6.45) is 2.72. The molecule has 0 unspecified atom stereocenters. The number of hydrogen-bond donors (Lipinski definition) is 1. The number of nitrogens with one attached hydrogen (secondary N) is 1. The third-order valence-electron chi connectivity index (χ3n) is 4.07. The van der Waals surface area contributed by atoms with Gasteiger partial charge in [0.25, 0.3) is 0 Å². The zero-order chi connectivity index (χ0) is 12.5. The van der Waals surface area contributed by atoms with Crippen LogP contribution in [0.5, 0.6) is 0 Å². The first-order valence-electron chi connectivity index (χ1n) is 6.62. The lowest BCUT2D eigenvalue weighted by molar-refractivity contribution is 0.312. The van der Waals surface area contributed by atoms with Gasteiger partial charge in [-0.05, 0) is 58.9 Å². The molecule has 1 aromatic carbocycles. The molecule has 2 fully saturated rings. The van der Waals surface area contributed by atoms with E-state index in [1.165, 1.54) is 38.0 Å². The summed E-state index contributed by atoms with van der Waals surface area (Å²) < 4.78 is 0.997. The van der Waals surface area contributed by atoms with Crippen LogP contribution < -0.4 is 5.32 Å². The van der Waals surface area contributed by atoms with Gasteiger partial charge in [0.1, 0.15) is 0 Å². The Morgan fingerprint density at radius 2 is 2.28 bits per heavy atom. The zero-order valence-electron chi connectivity index (χ0n) is 10.3. The minimum atomic E-state index is 0.717. The van der Waals surface area contributed by atoms with Crippen molar-refractivity contribution in [3.8, 4) is 0 Å². The number of nitrogens with zero attached hydrogens (tertiary/aromatic N) is 1. The Bertz CT molecular complexity index is 424. The summed E-state index contributed by atoms with van der Waals surface area (Å²) in [7, 11) is 0. The molecule has 0 radical (unpaired) electrons. The van der Waals surface area contributed by atoms with E-state index in [0.29, 0.717) is 0 Å². The predicted octanol–water partition coefficient (Wildman–Crippen LogP) is 3.29. The van der Waals surface area contributed by atoms with Crippen LogP contribution in [0.2, 0.25) is 5.02 Å². The zero-order valence-corrected chi connectivity index (χ0v) is 12.7. The van der Waals surface area contributed by atoms with E-state index in [-0.39, 0.29) is 0 Å². The van der Waals surface area contributed by atoms with Crippen LogP contribution in [0.25, 0.3) is 0 Å². The first-order chi connectivity index (χ1) is 8.72. The molecule has 1 N–H and O–H groups in total. The largest absolute Gasteiger partial charge is 0.312 e. The number of halogens is 2. The Morgan fingerprint density at radius 3 is 3.06 bits per heavy atom. The lowest BCUT2D eigenvalue weighted by Crippen LogP contribution is -2.40. The molecule has 2 saturated heterocycles. The van der Waals surface area contributed by atoms with Crippen molar-refractivity contribution >= 4 is 27.5 Å². The number of hydrogen-bond acceptors (Lipinski definition) is 2. The first kappa shape index (κ1) is 12.9. The lowest BCUT2D eigenvalue weighted by atomic mass is 9.94. The van der Waals surface area contributed by atoms with E-state index < -0.39 is 0 Å². The normalized spacial score (nSPS) is 28.3. The van der Waals surface area contributed by atoms with Crippen molar-refractivity contribution in [1.82, 2.24) is 10.2 Å². The van der Waals surface area contributed by atoms with E-state index in [4.69, 9.17) is 11.6 Å². The lowest BCUT2D eigenvalue weighted by Gasteiger charge is -2.24. The summed E-state index contributed by atoms with van der Waals surface area (Å²) in [6, 6.07) is 6.96. The van der Waals surface area contributed by atoms with Gasteiger partial charge in [-0.1, -0.05) is 17.7 Å². The van der Waals surface area contributed by atoms with Gasteiger partial charge >= 0.3 is 0 Å². The molecule has 3 rings (SSSR count). The molecule has 4 heteroatoms. The quantitative estimate of drug-likeness (QED) is 0.896. The average Bonchev–Trinajstić information content (AvgIpc) is 2.76. The highest BCUT2D eigenvalue weighted by atomic mass is 79.9. The molecule has 2 aliphatic rings. The predicted molar refractivity (Wildman–Crippen MR) is 78.9 cm³/mol. The first-order valence-corrected chi connectivity index (χ1v) is 7.79. The smallest absolute Gasteiger partial charge is 0.0548 e. The molecule has 0 amide bonds. The van der Waals surface area contributed by atoms with Gasteiger partial charge in [-0.2, -0.15) is 0 Å². The van der Waals surface area contributed by atoms with Crippen molar-refractivity contribution in [3.05, 3.63) is 33.3 Å². The van der Waals surface area contributed by atoms with E-state index in [1.807, 2.05) is 6.07 Å². The SMILES string of the molecule is Clc1ccc(CN2C[C@@H]3CCCN[C@@H]3C2)cc1Br. The van der Waals surface area contributed by atoms with Crippen molar-refractivity contribution in [2.45, 2.75) is 25.4 Å². The molecule has 18 heavy (non-hydrogen) atoms. The van der Waals surface area contributed by atoms with Gasteiger partial charge in [0.05, 0.1) is 5.02 Å². The molecule has 0 saturated carbocycles.